The van der Waals surface area contributed by atoms with Gasteiger partial charge in [0.05, 0.1) is 28.6 Å². The zero-order valence-electron chi connectivity index (χ0n) is 24.6. The number of nitrogens with one attached hydrogen (secondary N) is 2. The molecule has 2 aliphatic heterocycles. The first-order valence-electron chi connectivity index (χ1n) is 15.5. The molecule has 0 aliphatic carbocycles. The van der Waals surface area contributed by atoms with Gasteiger partial charge in [-0.1, -0.05) is 97.1 Å². The first kappa shape index (κ1) is 25.6. The van der Waals surface area contributed by atoms with Gasteiger partial charge in [-0.3, -0.25) is 4.98 Å². The molecule has 2 unspecified atom stereocenters. The zero-order valence-corrected chi connectivity index (χ0v) is 24.6. The number of fused-ring (bicyclic) bond motifs is 6. The zero-order chi connectivity index (χ0) is 29.7. The van der Waals surface area contributed by atoms with Crippen LogP contribution >= 0.6 is 0 Å². The van der Waals surface area contributed by atoms with E-state index in [9.17, 15) is 0 Å². The van der Waals surface area contributed by atoms with E-state index in [-0.39, 0.29) is 12.1 Å². The van der Waals surface area contributed by atoms with Crippen molar-refractivity contribution >= 4 is 54.8 Å². The SMILES string of the molecule is C1=CNC(C2C=C(c3ccc(-n4c5ccccc5c5ncccc54)cc3)C=C(c3cc4ccccc4c4ccccc34)N2)C=C1. The van der Waals surface area contributed by atoms with E-state index in [0.29, 0.717) is 0 Å². The highest BCUT2D eigenvalue weighted by Gasteiger charge is 2.24. The van der Waals surface area contributed by atoms with Crippen LogP contribution in [0, 0.1) is 0 Å². The minimum atomic E-state index is 0.0644. The van der Waals surface area contributed by atoms with E-state index in [1.165, 1.54) is 43.6 Å². The maximum absolute atomic E-state index is 4.72. The van der Waals surface area contributed by atoms with Crippen molar-refractivity contribution in [3.63, 3.8) is 0 Å². The number of para-hydroxylation sites is 1. The second kappa shape index (κ2) is 10.4. The molecule has 2 N–H and O–H groups in total. The lowest BCUT2D eigenvalue weighted by Gasteiger charge is -2.31. The summed E-state index contributed by atoms with van der Waals surface area (Å²) in [5.74, 6) is 0. The molecule has 4 nitrogen and oxygen atoms in total. The molecule has 0 spiro atoms. The van der Waals surface area contributed by atoms with Crippen LogP contribution in [0.2, 0.25) is 0 Å². The summed E-state index contributed by atoms with van der Waals surface area (Å²) < 4.78 is 2.31. The fraction of sp³-hybridized carbons (Fsp3) is 0.0488. The molecule has 0 radical (unpaired) electrons. The van der Waals surface area contributed by atoms with Gasteiger partial charge in [0.2, 0.25) is 0 Å². The van der Waals surface area contributed by atoms with Gasteiger partial charge in [-0.05, 0) is 87.4 Å². The largest absolute Gasteiger partial charge is 0.382 e. The normalized spacial score (nSPS) is 17.8. The highest BCUT2D eigenvalue weighted by Crippen LogP contribution is 2.36. The Morgan fingerprint density at radius 2 is 1.40 bits per heavy atom. The Labute approximate surface area is 261 Å². The van der Waals surface area contributed by atoms with E-state index in [0.717, 1.165) is 27.9 Å². The van der Waals surface area contributed by atoms with E-state index in [1.807, 2.05) is 24.5 Å². The number of pyridine rings is 1. The summed E-state index contributed by atoms with van der Waals surface area (Å²) in [6, 6.07) is 41.6. The average Bonchev–Trinajstić information content (AvgIpc) is 3.46. The fourth-order valence-corrected chi connectivity index (χ4v) is 7.02. The van der Waals surface area contributed by atoms with Gasteiger partial charge < -0.3 is 15.2 Å². The van der Waals surface area contributed by atoms with Crippen LogP contribution < -0.4 is 10.6 Å². The smallest absolute Gasteiger partial charge is 0.0963 e. The number of hydrogen-bond donors (Lipinski definition) is 2. The molecule has 0 saturated carbocycles. The van der Waals surface area contributed by atoms with Crippen molar-refractivity contribution < 1.29 is 0 Å². The van der Waals surface area contributed by atoms with E-state index in [1.54, 1.807) is 0 Å². The molecule has 2 aromatic heterocycles. The van der Waals surface area contributed by atoms with E-state index in [4.69, 9.17) is 4.98 Å². The number of allylic oxidation sites excluding steroid dienone is 4. The van der Waals surface area contributed by atoms with Gasteiger partial charge in [-0.2, -0.15) is 0 Å². The molecule has 4 heterocycles. The quantitative estimate of drug-likeness (QED) is 0.205. The number of hydrogen-bond acceptors (Lipinski definition) is 3. The van der Waals surface area contributed by atoms with Crippen molar-refractivity contribution in [2.75, 3.05) is 0 Å². The molecule has 7 aromatic rings. The third-order valence-electron chi connectivity index (χ3n) is 9.13. The maximum atomic E-state index is 4.72. The van der Waals surface area contributed by atoms with Crippen LogP contribution in [0.1, 0.15) is 11.1 Å². The lowest BCUT2D eigenvalue weighted by molar-refractivity contribution is 0.568. The van der Waals surface area contributed by atoms with Crippen molar-refractivity contribution in [1.29, 1.82) is 0 Å². The topological polar surface area (TPSA) is 41.9 Å². The molecule has 5 aromatic carbocycles. The molecule has 2 atom stereocenters. The van der Waals surface area contributed by atoms with Crippen molar-refractivity contribution in [3.05, 3.63) is 169 Å². The molecule has 2 aliphatic rings. The van der Waals surface area contributed by atoms with E-state index >= 15 is 0 Å². The van der Waals surface area contributed by atoms with Crippen LogP contribution in [-0.4, -0.2) is 21.6 Å². The van der Waals surface area contributed by atoms with E-state index < -0.39 is 0 Å². The summed E-state index contributed by atoms with van der Waals surface area (Å²) >= 11 is 0. The van der Waals surface area contributed by atoms with Gasteiger partial charge in [-0.15, -0.1) is 0 Å². The third-order valence-corrected chi connectivity index (χ3v) is 9.13. The van der Waals surface area contributed by atoms with Crippen molar-refractivity contribution in [2.24, 2.45) is 0 Å². The second-order valence-corrected chi connectivity index (χ2v) is 11.7. The summed E-state index contributed by atoms with van der Waals surface area (Å²) in [6.45, 7) is 0. The van der Waals surface area contributed by atoms with Crippen LogP contribution in [0.5, 0.6) is 0 Å². The van der Waals surface area contributed by atoms with Gasteiger partial charge in [0.15, 0.2) is 0 Å². The number of nitrogens with zero attached hydrogens (tertiary/aromatic N) is 2. The minimum Gasteiger partial charge on any atom is -0.382 e. The molecule has 0 amide bonds. The number of aromatic nitrogens is 2. The number of rotatable bonds is 4. The summed E-state index contributed by atoms with van der Waals surface area (Å²) in [5.41, 5.74) is 9.14. The molecular formula is C41H30N4. The second-order valence-electron chi connectivity index (χ2n) is 11.7. The van der Waals surface area contributed by atoms with Gasteiger partial charge in [0.25, 0.3) is 0 Å². The highest BCUT2D eigenvalue weighted by molar-refractivity contribution is 6.12. The first-order chi connectivity index (χ1) is 22.3. The number of benzene rings is 5. The number of dihydropyridines is 2. The Hall–Kier alpha value is -5.87. The van der Waals surface area contributed by atoms with Gasteiger partial charge in [0.1, 0.15) is 0 Å². The molecule has 0 saturated heterocycles. The van der Waals surface area contributed by atoms with Crippen LogP contribution in [0.4, 0.5) is 0 Å². The average molecular weight is 579 g/mol. The first-order valence-corrected chi connectivity index (χ1v) is 15.5. The molecular weight excluding hydrogens is 548 g/mol. The highest BCUT2D eigenvalue weighted by atomic mass is 15.0. The Balaban J connectivity index is 1.18. The fourth-order valence-electron chi connectivity index (χ4n) is 7.02. The molecule has 9 rings (SSSR count). The van der Waals surface area contributed by atoms with Crippen LogP contribution in [-0.2, 0) is 0 Å². The molecule has 4 heteroatoms. The Morgan fingerprint density at radius 3 is 2.24 bits per heavy atom. The van der Waals surface area contributed by atoms with Crippen LogP contribution in [0.15, 0.2) is 158 Å². The predicted molar refractivity (Wildman–Crippen MR) is 188 cm³/mol. The Morgan fingerprint density at radius 1 is 0.644 bits per heavy atom. The standard InChI is InChI=1S/C41H30N4/c1-2-11-31-28(10-1)24-35(33-13-4-3-12-32(31)33)37-25-29(26-38(44-37)36-15-7-8-22-42-36)27-18-20-30(21-19-27)45-39-16-6-5-14-34(39)41-40(45)17-9-23-43-41/h1-26,36,38,42,44H. The monoisotopic (exact) mass is 578 g/mol. The van der Waals surface area contributed by atoms with Gasteiger partial charge in [-0.25, -0.2) is 0 Å². The van der Waals surface area contributed by atoms with Gasteiger partial charge in [0, 0.05) is 28.5 Å². The van der Waals surface area contributed by atoms with Crippen molar-refractivity contribution in [3.8, 4) is 5.69 Å². The Kier molecular flexibility index (Phi) is 5.91. The van der Waals surface area contributed by atoms with Gasteiger partial charge >= 0.3 is 0 Å². The summed E-state index contributed by atoms with van der Waals surface area (Å²) in [5, 5.41) is 13.6. The van der Waals surface area contributed by atoms with Crippen LogP contribution in [0.25, 0.3) is 60.4 Å². The molecule has 45 heavy (non-hydrogen) atoms. The third kappa shape index (κ3) is 4.26. The summed E-state index contributed by atoms with van der Waals surface area (Å²) in [4.78, 5) is 4.72. The molecule has 0 bridgehead atoms. The summed E-state index contributed by atoms with van der Waals surface area (Å²) in [6.07, 6.45) is 15.0. The van der Waals surface area contributed by atoms with Crippen molar-refractivity contribution in [2.45, 2.75) is 12.1 Å². The Bertz CT molecular complexity index is 2330. The lowest BCUT2D eigenvalue weighted by atomic mass is 9.90. The maximum Gasteiger partial charge on any atom is 0.0963 e. The predicted octanol–water partition coefficient (Wildman–Crippen LogP) is 8.92. The molecule has 0 fully saturated rings. The van der Waals surface area contributed by atoms with Crippen molar-refractivity contribution in [1.82, 2.24) is 20.2 Å². The van der Waals surface area contributed by atoms with E-state index in [2.05, 4.69) is 149 Å². The summed E-state index contributed by atoms with van der Waals surface area (Å²) in [7, 11) is 0. The minimum absolute atomic E-state index is 0.0644. The lowest BCUT2D eigenvalue weighted by Crippen LogP contribution is -2.45. The molecule has 214 valence electrons. The van der Waals surface area contributed by atoms with Crippen LogP contribution in [0.3, 0.4) is 0 Å².